The molecule has 0 aliphatic rings. The molecular weight excluding hydrogens is 352 g/mol. The van der Waals surface area contributed by atoms with Crippen molar-refractivity contribution >= 4 is 17.7 Å². The van der Waals surface area contributed by atoms with E-state index >= 15 is 0 Å². The van der Waals surface area contributed by atoms with E-state index < -0.39 is 5.97 Å². The Morgan fingerprint density at radius 1 is 1.22 bits per heavy atom. The van der Waals surface area contributed by atoms with Gasteiger partial charge in [-0.15, -0.1) is 0 Å². The Kier molecular flexibility index (Phi) is 6.57. The molecule has 0 aliphatic carbocycles. The SMILES string of the molecule is COCC(=O)N(CC(=O)c1c(C)c(C(=O)OC)n(C)c1C)Cc1ccco1. The molecule has 1 amide bonds. The van der Waals surface area contributed by atoms with Crippen LogP contribution in [0.3, 0.4) is 0 Å². The molecule has 2 heterocycles. The van der Waals surface area contributed by atoms with Crippen molar-refractivity contribution in [1.82, 2.24) is 9.47 Å². The van der Waals surface area contributed by atoms with E-state index in [2.05, 4.69) is 0 Å². The Bertz CT molecular complexity index is 835. The third kappa shape index (κ3) is 4.28. The Hall–Kier alpha value is -2.87. The summed E-state index contributed by atoms with van der Waals surface area (Å²) in [5.41, 5.74) is 1.89. The third-order valence-corrected chi connectivity index (χ3v) is 4.47. The summed E-state index contributed by atoms with van der Waals surface area (Å²) in [6.45, 7) is 3.29. The number of rotatable bonds is 8. The Balaban J connectivity index is 2.32. The maximum absolute atomic E-state index is 13.0. The molecule has 0 N–H and O–H groups in total. The number of nitrogens with zero attached hydrogens (tertiary/aromatic N) is 2. The smallest absolute Gasteiger partial charge is 0.354 e. The summed E-state index contributed by atoms with van der Waals surface area (Å²) < 4.78 is 16.6. The van der Waals surface area contributed by atoms with Crippen LogP contribution in [0.5, 0.6) is 0 Å². The minimum atomic E-state index is -0.514. The zero-order valence-electron chi connectivity index (χ0n) is 16.2. The van der Waals surface area contributed by atoms with E-state index in [0.29, 0.717) is 28.3 Å². The summed E-state index contributed by atoms with van der Waals surface area (Å²) in [4.78, 5) is 38.7. The first-order valence-electron chi connectivity index (χ1n) is 8.38. The monoisotopic (exact) mass is 376 g/mol. The van der Waals surface area contributed by atoms with Gasteiger partial charge in [-0.25, -0.2) is 4.79 Å². The molecule has 0 unspecified atom stereocenters. The number of aromatic nitrogens is 1. The van der Waals surface area contributed by atoms with Gasteiger partial charge in [-0.05, 0) is 31.5 Å². The van der Waals surface area contributed by atoms with Crippen molar-refractivity contribution in [2.45, 2.75) is 20.4 Å². The maximum atomic E-state index is 13.0. The first-order valence-corrected chi connectivity index (χ1v) is 8.38. The van der Waals surface area contributed by atoms with Crippen LogP contribution in [0.4, 0.5) is 0 Å². The first kappa shape index (κ1) is 20.4. The summed E-state index contributed by atoms with van der Waals surface area (Å²) in [6, 6.07) is 3.44. The lowest BCUT2D eigenvalue weighted by Gasteiger charge is -2.21. The van der Waals surface area contributed by atoms with Gasteiger partial charge in [-0.3, -0.25) is 9.59 Å². The maximum Gasteiger partial charge on any atom is 0.354 e. The van der Waals surface area contributed by atoms with Crippen LogP contribution >= 0.6 is 0 Å². The van der Waals surface area contributed by atoms with Crippen molar-refractivity contribution in [3.8, 4) is 0 Å². The quantitative estimate of drug-likeness (QED) is 0.516. The summed E-state index contributed by atoms with van der Waals surface area (Å²) in [6.07, 6.45) is 1.50. The molecule has 0 fully saturated rings. The Morgan fingerprint density at radius 3 is 2.48 bits per heavy atom. The first-order chi connectivity index (χ1) is 12.8. The van der Waals surface area contributed by atoms with Gasteiger partial charge in [0.05, 0.1) is 26.5 Å². The van der Waals surface area contributed by atoms with Gasteiger partial charge >= 0.3 is 5.97 Å². The highest BCUT2D eigenvalue weighted by atomic mass is 16.5. The average molecular weight is 376 g/mol. The molecule has 0 saturated heterocycles. The number of carbonyl (C=O) groups excluding carboxylic acids is 3. The fourth-order valence-electron chi connectivity index (χ4n) is 3.06. The molecular formula is C19H24N2O6. The van der Waals surface area contributed by atoms with Crippen molar-refractivity contribution in [2.75, 3.05) is 27.4 Å². The van der Waals surface area contributed by atoms with Gasteiger partial charge in [0, 0.05) is 25.4 Å². The zero-order valence-corrected chi connectivity index (χ0v) is 16.2. The summed E-state index contributed by atoms with van der Waals surface area (Å²) >= 11 is 0. The fraction of sp³-hybridized carbons (Fsp3) is 0.421. The summed E-state index contributed by atoms with van der Waals surface area (Å²) in [7, 11) is 4.40. The van der Waals surface area contributed by atoms with Crippen molar-refractivity contribution in [3.63, 3.8) is 0 Å². The van der Waals surface area contributed by atoms with E-state index in [9.17, 15) is 14.4 Å². The van der Waals surface area contributed by atoms with E-state index in [1.807, 2.05) is 0 Å². The van der Waals surface area contributed by atoms with Gasteiger partial charge in [0.25, 0.3) is 0 Å². The van der Waals surface area contributed by atoms with E-state index in [1.54, 1.807) is 37.6 Å². The predicted molar refractivity (Wildman–Crippen MR) is 96.6 cm³/mol. The van der Waals surface area contributed by atoms with Crippen LogP contribution in [0.15, 0.2) is 22.8 Å². The highest BCUT2D eigenvalue weighted by molar-refractivity contribution is 6.04. The molecule has 8 heteroatoms. The van der Waals surface area contributed by atoms with Crippen LogP contribution < -0.4 is 0 Å². The predicted octanol–water partition coefficient (Wildman–Crippen LogP) is 1.88. The van der Waals surface area contributed by atoms with Crippen molar-refractivity contribution in [3.05, 3.63) is 46.7 Å². The van der Waals surface area contributed by atoms with Crippen molar-refractivity contribution in [2.24, 2.45) is 7.05 Å². The van der Waals surface area contributed by atoms with Crippen LogP contribution in [0.25, 0.3) is 0 Å². The molecule has 27 heavy (non-hydrogen) atoms. The number of Topliss-reactive ketones (excluding diaryl/α,β-unsaturated/α-hetero) is 1. The zero-order chi connectivity index (χ0) is 20.1. The number of amides is 1. The second kappa shape index (κ2) is 8.68. The molecule has 8 nitrogen and oxygen atoms in total. The molecule has 0 aliphatic heterocycles. The van der Waals surface area contributed by atoms with E-state index in [0.717, 1.165) is 0 Å². The number of hydrogen-bond donors (Lipinski definition) is 0. The lowest BCUT2D eigenvalue weighted by molar-refractivity contribution is -0.135. The highest BCUT2D eigenvalue weighted by Gasteiger charge is 2.27. The number of esters is 1. The van der Waals surface area contributed by atoms with Gasteiger partial charge in [-0.2, -0.15) is 0 Å². The Morgan fingerprint density at radius 2 is 1.93 bits per heavy atom. The van der Waals surface area contributed by atoms with Crippen molar-refractivity contribution < 1.29 is 28.3 Å². The van der Waals surface area contributed by atoms with Crippen LogP contribution in [0.1, 0.15) is 37.9 Å². The van der Waals surface area contributed by atoms with Gasteiger partial charge in [-0.1, -0.05) is 0 Å². The van der Waals surface area contributed by atoms with Crippen LogP contribution in [-0.4, -0.2) is 54.5 Å². The molecule has 2 rings (SSSR count). The molecule has 2 aromatic heterocycles. The van der Waals surface area contributed by atoms with E-state index in [-0.39, 0.29) is 31.4 Å². The van der Waals surface area contributed by atoms with E-state index in [4.69, 9.17) is 13.9 Å². The number of ether oxygens (including phenoxy) is 2. The lowest BCUT2D eigenvalue weighted by atomic mass is 10.1. The standard InChI is InChI=1S/C19H24N2O6/c1-12-17(13(2)20(3)18(12)19(24)26-5)15(22)10-21(16(23)11-25-4)9-14-7-6-8-27-14/h6-8H,9-11H2,1-5H3. The van der Waals surface area contributed by atoms with Crippen molar-refractivity contribution in [1.29, 1.82) is 0 Å². The molecule has 0 aromatic carbocycles. The van der Waals surface area contributed by atoms with Gasteiger partial charge in [0.15, 0.2) is 5.78 Å². The van der Waals surface area contributed by atoms with Gasteiger partial charge in [0.1, 0.15) is 18.1 Å². The summed E-state index contributed by atoms with van der Waals surface area (Å²) in [5, 5.41) is 0. The largest absolute Gasteiger partial charge is 0.467 e. The average Bonchev–Trinajstić information content (AvgIpc) is 3.21. The second-order valence-electron chi connectivity index (χ2n) is 6.17. The molecule has 0 saturated carbocycles. The molecule has 0 bridgehead atoms. The highest BCUT2D eigenvalue weighted by Crippen LogP contribution is 2.23. The lowest BCUT2D eigenvalue weighted by Crippen LogP contribution is -2.37. The normalized spacial score (nSPS) is 10.7. The molecule has 0 radical (unpaired) electrons. The molecule has 0 spiro atoms. The molecule has 0 atom stereocenters. The van der Waals surface area contributed by atoms with Crippen LogP contribution in [-0.2, 0) is 27.9 Å². The number of hydrogen-bond acceptors (Lipinski definition) is 6. The third-order valence-electron chi connectivity index (χ3n) is 4.47. The molecule has 2 aromatic rings. The minimum absolute atomic E-state index is 0.145. The number of methoxy groups -OCH3 is 2. The van der Waals surface area contributed by atoms with E-state index in [1.165, 1.54) is 25.4 Å². The van der Waals surface area contributed by atoms with Crippen LogP contribution in [0.2, 0.25) is 0 Å². The number of ketones is 1. The number of furan rings is 1. The Labute approximate surface area is 157 Å². The minimum Gasteiger partial charge on any atom is -0.467 e. The van der Waals surface area contributed by atoms with Crippen LogP contribution in [0, 0.1) is 13.8 Å². The van der Waals surface area contributed by atoms with Gasteiger partial charge < -0.3 is 23.4 Å². The topological polar surface area (TPSA) is 91.0 Å². The van der Waals surface area contributed by atoms with Gasteiger partial charge in [0.2, 0.25) is 5.91 Å². The number of carbonyl (C=O) groups is 3. The fourth-order valence-corrected chi connectivity index (χ4v) is 3.06. The summed E-state index contributed by atoms with van der Waals surface area (Å²) in [5.74, 6) is -0.558. The molecule has 146 valence electrons. The second-order valence-corrected chi connectivity index (χ2v) is 6.17.